The van der Waals surface area contributed by atoms with Gasteiger partial charge in [0.25, 0.3) is 18.1 Å². The Morgan fingerprint density at radius 1 is 0.442 bits per heavy atom. The monoisotopic (exact) mass is 844 g/mol. The molecule has 4 aromatic rings. The zero-order chi connectivity index (χ0) is 39.6. The highest BCUT2D eigenvalue weighted by atomic mass is 35.7. The Bertz CT molecular complexity index is 2200. The van der Waals surface area contributed by atoms with Crippen molar-refractivity contribution in [2.45, 2.75) is 30.6 Å². The highest BCUT2D eigenvalue weighted by Crippen LogP contribution is 2.43. The van der Waals surface area contributed by atoms with E-state index in [0.717, 1.165) is 17.6 Å². The van der Waals surface area contributed by atoms with E-state index in [9.17, 15) is 16.8 Å². The summed E-state index contributed by atoms with van der Waals surface area (Å²) in [6.07, 6.45) is 0. The van der Waals surface area contributed by atoms with E-state index in [1.807, 2.05) is 36.4 Å². The van der Waals surface area contributed by atoms with Gasteiger partial charge in [-0.15, -0.1) is 0 Å². The fourth-order valence-corrected chi connectivity index (χ4v) is 6.13. The maximum absolute atomic E-state index is 12.0. The first-order valence-corrected chi connectivity index (χ1v) is 21.1. The normalized spacial score (nSPS) is 11.2. The summed E-state index contributed by atoms with van der Waals surface area (Å²) in [7, 11) is 9.59. The highest BCUT2D eigenvalue weighted by molar-refractivity contribution is 8.14. The van der Waals surface area contributed by atoms with Crippen molar-refractivity contribution >= 4 is 59.5 Å². The van der Waals surface area contributed by atoms with Gasteiger partial charge in [-0.1, -0.05) is 6.07 Å². The van der Waals surface area contributed by atoms with Gasteiger partial charge in [0.15, 0.2) is 34.5 Å². The van der Waals surface area contributed by atoms with Crippen LogP contribution in [0.2, 0.25) is 0 Å². The molecule has 0 atom stereocenters. The molecule has 0 spiro atoms. The standard InChI is InChI=1S/C16H16Cl2O8S2.C16H18O3.ClHO3S/c1-9-5-15(27(17,19)20)13(6-10(9)23-2)26-14-7-11(24-3)12(25-4)8-16(14)28(18,21)22;1-11-5-6-13(9-12(11)2)19-14-7-8-15(17-3)16(10-14)18-4;1-5(2,3)4/h5-8H,1-4H3;5-10H,1-4H3;(H,2,3,4). The van der Waals surface area contributed by atoms with E-state index in [2.05, 4.69) is 24.5 Å². The fourth-order valence-electron chi connectivity index (χ4n) is 4.16. The van der Waals surface area contributed by atoms with Crippen LogP contribution in [0.1, 0.15) is 16.7 Å². The first-order chi connectivity index (χ1) is 24.1. The van der Waals surface area contributed by atoms with Crippen LogP contribution in [0.3, 0.4) is 0 Å². The van der Waals surface area contributed by atoms with Crippen LogP contribution in [-0.2, 0) is 27.4 Å². The zero-order valence-corrected chi connectivity index (χ0v) is 33.6. The van der Waals surface area contributed by atoms with Crippen molar-refractivity contribution in [1.82, 2.24) is 0 Å². The van der Waals surface area contributed by atoms with Crippen molar-refractivity contribution in [3.8, 4) is 51.7 Å². The Kier molecular flexibility index (Phi) is 16.0. The molecular formula is C32H35Cl3O14S3. The first-order valence-electron chi connectivity index (χ1n) is 14.2. The van der Waals surface area contributed by atoms with Crippen molar-refractivity contribution < 1.29 is 63.0 Å². The number of halogens is 3. The maximum Gasteiger partial charge on any atom is 0.353 e. The Balaban J connectivity index is 0.000000336. The van der Waals surface area contributed by atoms with Crippen molar-refractivity contribution in [3.63, 3.8) is 0 Å². The maximum atomic E-state index is 12.0. The summed E-state index contributed by atoms with van der Waals surface area (Å²) in [5.74, 6) is 2.85. The molecule has 1 N–H and O–H groups in total. The van der Waals surface area contributed by atoms with Gasteiger partial charge >= 0.3 is 9.33 Å². The van der Waals surface area contributed by atoms with Crippen molar-refractivity contribution in [1.29, 1.82) is 0 Å². The van der Waals surface area contributed by atoms with Gasteiger partial charge in [-0.2, -0.15) is 8.42 Å². The van der Waals surface area contributed by atoms with E-state index in [1.165, 1.54) is 50.7 Å². The highest BCUT2D eigenvalue weighted by Gasteiger charge is 2.26. The number of ether oxygens (including phenoxy) is 7. The number of hydrogen-bond donors (Lipinski definition) is 1. The number of hydrogen-bond acceptors (Lipinski definition) is 13. The SMILES string of the molecule is COc1cc(Oc2cc(OC)c(OC)cc2S(=O)(=O)Cl)c(S(=O)(=O)Cl)cc1C.COc1ccc(Oc2ccc(C)c(C)c2)cc1OC.O=S(=O)(O)Cl. The summed E-state index contributed by atoms with van der Waals surface area (Å²) in [5.41, 5.74) is 2.93. The quantitative estimate of drug-likeness (QED) is 0.114. The molecule has 52 heavy (non-hydrogen) atoms. The van der Waals surface area contributed by atoms with Crippen LogP contribution in [-0.4, -0.2) is 65.4 Å². The van der Waals surface area contributed by atoms with Crippen LogP contribution in [0.5, 0.6) is 51.7 Å². The predicted octanol–water partition coefficient (Wildman–Crippen LogP) is 7.81. The van der Waals surface area contributed by atoms with Gasteiger partial charge in [-0.05, 0) is 67.8 Å². The van der Waals surface area contributed by atoms with Gasteiger partial charge in [-0.3, -0.25) is 4.55 Å². The molecule has 4 aromatic carbocycles. The Labute approximate surface area is 316 Å². The number of methoxy groups -OCH3 is 5. The second-order valence-corrected chi connectivity index (χ2v) is 17.2. The minimum absolute atomic E-state index is 0.0840. The van der Waals surface area contributed by atoms with Crippen molar-refractivity contribution in [2.75, 3.05) is 35.5 Å². The van der Waals surface area contributed by atoms with Gasteiger partial charge < -0.3 is 33.2 Å². The predicted molar refractivity (Wildman–Crippen MR) is 196 cm³/mol. The van der Waals surface area contributed by atoms with Gasteiger partial charge in [-0.25, -0.2) is 16.8 Å². The first kappa shape index (κ1) is 44.3. The minimum Gasteiger partial charge on any atom is -0.496 e. The summed E-state index contributed by atoms with van der Waals surface area (Å²) in [6, 6.07) is 16.3. The molecule has 4 rings (SSSR count). The number of rotatable bonds is 11. The topological polar surface area (TPSA) is 187 Å². The van der Waals surface area contributed by atoms with Crippen LogP contribution < -0.4 is 33.2 Å². The number of benzene rings is 4. The second kappa shape index (κ2) is 18.8. The molecule has 14 nitrogen and oxygen atoms in total. The summed E-state index contributed by atoms with van der Waals surface area (Å²) in [5, 5.41) is 0. The Morgan fingerprint density at radius 3 is 1.31 bits per heavy atom. The van der Waals surface area contributed by atoms with E-state index < -0.39 is 32.3 Å². The third-order valence-corrected chi connectivity index (χ3v) is 9.41. The van der Waals surface area contributed by atoms with Gasteiger partial charge in [0, 0.05) is 56.3 Å². The van der Waals surface area contributed by atoms with E-state index in [4.69, 9.17) is 67.5 Å². The third kappa shape index (κ3) is 13.3. The molecule has 0 unspecified atom stereocenters. The smallest absolute Gasteiger partial charge is 0.353 e. The lowest BCUT2D eigenvalue weighted by atomic mass is 10.1. The molecule has 0 aliphatic carbocycles. The van der Waals surface area contributed by atoms with Gasteiger partial charge in [0.05, 0.1) is 35.5 Å². The molecule has 0 radical (unpaired) electrons. The summed E-state index contributed by atoms with van der Waals surface area (Å²) >= 11 is 0. The fraction of sp³-hybridized carbons (Fsp3) is 0.250. The van der Waals surface area contributed by atoms with Gasteiger partial charge in [0.1, 0.15) is 27.0 Å². The molecular weight excluding hydrogens is 811 g/mol. The van der Waals surface area contributed by atoms with E-state index in [0.29, 0.717) is 22.8 Å². The van der Waals surface area contributed by atoms with Crippen LogP contribution in [0.15, 0.2) is 70.5 Å². The van der Waals surface area contributed by atoms with E-state index in [1.54, 1.807) is 21.1 Å². The van der Waals surface area contributed by atoms with E-state index in [-0.39, 0.29) is 27.9 Å². The molecule has 0 aromatic heterocycles. The number of aryl methyl sites for hydroxylation is 3. The van der Waals surface area contributed by atoms with Crippen molar-refractivity contribution in [2.24, 2.45) is 0 Å². The van der Waals surface area contributed by atoms with E-state index >= 15 is 0 Å². The lowest BCUT2D eigenvalue weighted by Gasteiger charge is -2.16. The Morgan fingerprint density at radius 2 is 0.846 bits per heavy atom. The summed E-state index contributed by atoms with van der Waals surface area (Å²) in [4.78, 5) is -0.829. The second-order valence-electron chi connectivity index (χ2n) is 10.2. The molecule has 0 bridgehead atoms. The lowest BCUT2D eigenvalue weighted by molar-refractivity contribution is 0.349. The molecule has 0 saturated carbocycles. The molecule has 0 heterocycles. The van der Waals surface area contributed by atoms with Crippen LogP contribution >= 0.6 is 32.0 Å². The molecule has 0 saturated heterocycles. The minimum atomic E-state index is -4.29. The molecule has 0 aliphatic rings. The van der Waals surface area contributed by atoms with Crippen LogP contribution in [0.4, 0.5) is 0 Å². The molecule has 20 heteroatoms. The zero-order valence-electron chi connectivity index (χ0n) is 28.9. The molecule has 286 valence electrons. The average molecular weight is 846 g/mol. The Hall–Kier alpha value is -3.84. The molecule has 0 fully saturated rings. The van der Waals surface area contributed by atoms with Gasteiger partial charge in [0.2, 0.25) is 0 Å². The lowest BCUT2D eigenvalue weighted by Crippen LogP contribution is -2.02. The average Bonchev–Trinajstić information content (AvgIpc) is 3.05. The summed E-state index contributed by atoms with van der Waals surface area (Å²) < 4.78 is 110. The summed E-state index contributed by atoms with van der Waals surface area (Å²) in [6.45, 7) is 5.76. The van der Waals surface area contributed by atoms with Crippen molar-refractivity contribution in [3.05, 3.63) is 77.4 Å². The molecule has 0 aliphatic heterocycles. The van der Waals surface area contributed by atoms with Crippen LogP contribution in [0, 0.1) is 20.8 Å². The van der Waals surface area contributed by atoms with Crippen LogP contribution in [0.25, 0.3) is 0 Å². The largest absolute Gasteiger partial charge is 0.496 e. The third-order valence-electron chi connectivity index (χ3n) is 6.73. The molecule has 0 amide bonds.